The number of rotatable bonds is 5. The fourth-order valence-corrected chi connectivity index (χ4v) is 4.01. The van der Waals surface area contributed by atoms with Crippen LogP contribution >= 0.6 is 11.3 Å². The van der Waals surface area contributed by atoms with Crippen LogP contribution in [-0.4, -0.2) is 53.9 Å². The molecule has 0 bridgehead atoms. The minimum absolute atomic E-state index is 0.0764. The van der Waals surface area contributed by atoms with E-state index in [1.54, 1.807) is 23.7 Å². The molecule has 1 aromatic carbocycles. The lowest BCUT2D eigenvalue weighted by atomic mass is 10.0. The third kappa shape index (κ3) is 4.05. The third-order valence-electron chi connectivity index (χ3n) is 5.05. The van der Waals surface area contributed by atoms with Crippen LogP contribution in [0.1, 0.15) is 16.1 Å². The topological polar surface area (TPSA) is 75.3 Å². The molecule has 1 aliphatic rings. The van der Waals surface area contributed by atoms with Crippen molar-refractivity contribution in [1.82, 2.24) is 14.9 Å². The number of ketones is 1. The summed E-state index contributed by atoms with van der Waals surface area (Å²) in [4.78, 5) is 27.2. The molecule has 0 unspecified atom stereocenters. The van der Waals surface area contributed by atoms with E-state index in [0.717, 1.165) is 48.0 Å². The number of nitrogens with zero attached hydrogens (tertiary/aromatic N) is 4. The number of nitrogen functional groups attached to an aromatic ring is 1. The Labute approximate surface area is 168 Å². The average Bonchev–Trinajstić information content (AvgIpc) is 3.25. The van der Waals surface area contributed by atoms with Crippen molar-refractivity contribution in [2.24, 2.45) is 0 Å². The minimum Gasteiger partial charge on any atom is -0.398 e. The maximum absolute atomic E-state index is 12.7. The second-order valence-corrected chi connectivity index (χ2v) is 7.99. The predicted molar refractivity (Wildman–Crippen MR) is 114 cm³/mol. The van der Waals surface area contributed by atoms with Gasteiger partial charge >= 0.3 is 0 Å². The van der Waals surface area contributed by atoms with Crippen molar-refractivity contribution >= 4 is 28.6 Å². The maximum Gasteiger partial charge on any atom is 0.187 e. The Bertz CT molecular complexity index is 947. The SMILES string of the molecule is CN1CCN(c2cnc(C(=O)Cc3cc(-c4cccs4)ccc3N)cn2)CC1. The van der Waals surface area contributed by atoms with Crippen molar-refractivity contribution in [3.8, 4) is 10.4 Å². The van der Waals surface area contributed by atoms with E-state index in [0.29, 0.717) is 11.4 Å². The normalized spacial score (nSPS) is 15.0. The van der Waals surface area contributed by atoms with Crippen molar-refractivity contribution < 1.29 is 4.79 Å². The molecule has 0 spiro atoms. The molecule has 2 aromatic heterocycles. The van der Waals surface area contributed by atoms with Crippen LogP contribution in [0.3, 0.4) is 0 Å². The van der Waals surface area contributed by atoms with Gasteiger partial charge in [0.25, 0.3) is 0 Å². The summed E-state index contributed by atoms with van der Waals surface area (Å²) in [5.74, 6) is 0.747. The number of carbonyl (C=O) groups is 1. The van der Waals surface area contributed by atoms with E-state index in [1.807, 2.05) is 29.6 Å². The zero-order chi connectivity index (χ0) is 19.5. The van der Waals surface area contributed by atoms with Gasteiger partial charge in [0.05, 0.1) is 12.4 Å². The smallest absolute Gasteiger partial charge is 0.187 e. The number of carbonyl (C=O) groups excluding carboxylic acids is 1. The van der Waals surface area contributed by atoms with Crippen LogP contribution in [0.25, 0.3) is 10.4 Å². The van der Waals surface area contributed by atoms with Gasteiger partial charge in [0.15, 0.2) is 5.78 Å². The first-order valence-corrected chi connectivity index (χ1v) is 10.2. The zero-order valence-electron chi connectivity index (χ0n) is 15.8. The monoisotopic (exact) mass is 393 g/mol. The van der Waals surface area contributed by atoms with Gasteiger partial charge in [-0.3, -0.25) is 4.79 Å². The number of thiophene rings is 1. The molecule has 6 nitrogen and oxygen atoms in total. The number of Topliss-reactive ketones (excluding diaryl/α,β-unsaturated/α-hetero) is 1. The molecule has 0 atom stereocenters. The summed E-state index contributed by atoms with van der Waals surface area (Å²) in [6.45, 7) is 3.85. The van der Waals surface area contributed by atoms with Crippen LogP contribution in [-0.2, 0) is 6.42 Å². The van der Waals surface area contributed by atoms with E-state index in [9.17, 15) is 4.79 Å². The van der Waals surface area contributed by atoms with Crippen LogP contribution in [0, 0.1) is 0 Å². The van der Waals surface area contributed by atoms with E-state index in [2.05, 4.69) is 32.9 Å². The largest absolute Gasteiger partial charge is 0.398 e. The van der Waals surface area contributed by atoms with Crippen LogP contribution in [0.2, 0.25) is 0 Å². The van der Waals surface area contributed by atoms with Gasteiger partial charge in [-0.2, -0.15) is 0 Å². The minimum atomic E-state index is -0.0764. The summed E-state index contributed by atoms with van der Waals surface area (Å²) in [5.41, 5.74) is 8.99. The Kier molecular flexibility index (Phi) is 5.36. The van der Waals surface area contributed by atoms with Crippen LogP contribution in [0.4, 0.5) is 11.5 Å². The van der Waals surface area contributed by atoms with Crippen LogP contribution < -0.4 is 10.6 Å². The molecule has 3 aromatic rings. The summed E-state index contributed by atoms with van der Waals surface area (Å²) in [6, 6.07) is 9.91. The van der Waals surface area contributed by atoms with Gasteiger partial charge in [-0.25, -0.2) is 9.97 Å². The molecule has 1 fully saturated rings. The van der Waals surface area contributed by atoms with Gasteiger partial charge in [-0.05, 0) is 41.8 Å². The van der Waals surface area contributed by atoms with E-state index < -0.39 is 0 Å². The number of anilines is 2. The summed E-state index contributed by atoms with van der Waals surface area (Å²) >= 11 is 1.67. The van der Waals surface area contributed by atoms with Crippen molar-refractivity contribution in [3.63, 3.8) is 0 Å². The zero-order valence-corrected chi connectivity index (χ0v) is 16.7. The standard InChI is InChI=1S/C21H23N5OS/c1-25-6-8-26(9-7-25)21-14-23-18(13-24-21)19(27)12-16-11-15(4-5-17(16)22)20-3-2-10-28-20/h2-5,10-11,13-14H,6-9,12,22H2,1H3. The molecular weight excluding hydrogens is 370 g/mol. The van der Waals surface area contributed by atoms with Crippen molar-refractivity contribution in [2.45, 2.75) is 6.42 Å². The van der Waals surface area contributed by atoms with Crippen molar-refractivity contribution in [3.05, 3.63) is 59.4 Å². The van der Waals surface area contributed by atoms with Crippen molar-refractivity contribution in [1.29, 1.82) is 0 Å². The quantitative estimate of drug-likeness (QED) is 0.531. The van der Waals surface area contributed by atoms with Crippen molar-refractivity contribution in [2.75, 3.05) is 43.9 Å². The molecule has 3 heterocycles. The molecule has 0 radical (unpaired) electrons. The molecule has 7 heteroatoms. The van der Waals surface area contributed by atoms with E-state index in [1.165, 1.54) is 0 Å². The summed E-state index contributed by atoms with van der Waals surface area (Å²) in [6.07, 6.45) is 3.49. The number of nitrogens with two attached hydrogens (primary N) is 1. The van der Waals surface area contributed by atoms with Gasteiger partial charge in [0.2, 0.25) is 0 Å². The van der Waals surface area contributed by atoms with Crippen LogP contribution in [0.15, 0.2) is 48.1 Å². The highest BCUT2D eigenvalue weighted by molar-refractivity contribution is 7.13. The Balaban J connectivity index is 1.47. The highest BCUT2D eigenvalue weighted by atomic mass is 32.1. The van der Waals surface area contributed by atoms with E-state index in [4.69, 9.17) is 5.73 Å². The highest BCUT2D eigenvalue weighted by Gasteiger charge is 2.17. The number of likely N-dealkylation sites (N-methyl/N-ethyl adjacent to an activating group) is 1. The Hall–Kier alpha value is -2.77. The lowest BCUT2D eigenvalue weighted by Crippen LogP contribution is -2.44. The van der Waals surface area contributed by atoms with Crippen LogP contribution in [0.5, 0.6) is 0 Å². The fourth-order valence-electron chi connectivity index (χ4n) is 3.28. The maximum atomic E-state index is 12.7. The first kappa shape index (κ1) is 18.6. The predicted octanol–water partition coefficient (Wildman–Crippen LogP) is 2.96. The number of hydrogen-bond acceptors (Lipinski definition) is 7. The fraction of sp³-hybridized carbons (Fsp3) is 0.286. The highest BCUT2D eigenvalue weighted by Crippen LogP contribution is 2.28. The molecule has 0 amide bonds. The number of hydrogen-bond donors (Lipinski definition) is 1. The van der Waals surface area contributed by atoms with Gasteiger partial charge < -0.3 is 15.5 Å². The number of piperazine rings is 1. The Morgan fingerprint density at radius 3 is 2.64 bits per heavy atom. The van der Waals surface area contributed by atoms with E-state index >= 15 is 0 Å². The first-order valence-electron chi connectivity index (χ1n) is 9.31. The number of benzene rings is 1. The lowest BCUT2D eigenvalue weighted by molar-refractivity contribution is 0.0988. The average molecular weight is 394 g/mol. The first-order chi connectivity index (χ1) is 13.6. The Morgan fingerprint density at radius 1 is 1.14 bits per heavy atom. The molecule has 2 N–H and O–H groups in total. The van der Waals surface area contributed by atoms with Gasteiger partial charge in [0.1, 0.15) is 11.5 Å². The molecular formula is C21H23N5OS. The van der Waals surface area contributed by atoms with E-state index in [-0.39, 0.29) is 12.2 Å². The summed E-state index contributed by atoms with van der Waals surface area (Å²) in [7, 11) is 2.12. The molecule has 1 aliphatic heterocycles. The van der Waals surface area contributed by atoms with Gasteiger partial charge in [0, 0.05) is 43.2 Å². The summed E-state index contributed by atoms with van der Waals surface area (Å²) < 4.78 is 0. The Morgan fingerprint density at radius 2 is 1.96 bits per heavy atom. The molecule has 0 saturated carbocycles. The molecule has 0 aliphatic carbocycles. The second-order valence-electron chi connectivity index (χ2n) is 7.04. The number of aromatic nitrogens is 2. The second kappa shape index (κ2) is 8.08. The van der Waals surface area contributed by atoms with Gasteiger partial charge in [-0.15, -0.1) is 11.3 Å². The lowest BCUT2D eigenvalue weighted by Gasteiger charge is -2.32. The molecule has 28 heavy (non-hydrogen) atoms. The summed E-state index contributed by atoms with van der Waals surface area (Å²) in [5, 5.41) is 2.04. The molecule has 144 valence electrons. The van der Waals surface area contributed by atoms with Gasteiger partial charge in [-0.1, -0.05) is 12.1 Å². The third-order valence-corrected chi connectivity index (χ3v) is 5.97. The molecule has 1 saturated heterocycles. The molecule has 4 rings (SSSR count).